The average Bonchev–Trinajstić information content (AvgIpc) is 2.76. The van der Waals surface area contributed by atoms with Crippen molar-refractivity contribution in [2.75, 3.05) is 6.61 Å². The van der Waals surface area contributed by atoms with Crippen molar-refractivity contribution < 1.29 is 14.7 Å². The maximum atomic E-state index is 11.8. The quantitative estimate of drug-likeness (QED) is 0.729. The van der Waals surface area contributed by atoms with Crippen LogP contribution in [0.25, 0.3) is 0 Å². The molecule has 106 valence electrons. The molecule has 0 saturated carbocycles. The number of rotatable bonds is 6. The van der Waals surface area contributed by atoms with Gasteiger partial charge in [0.25, 0.3) is 5.91 Å². The van der Waals surface area contributed by atoms with E-state index >= 15 is 0 Å². The highest BCUT2D eigenvalue weighted by atomic mass is 79.9. The lowest BCUT2D eigenvalue weighted by Crippen LogP contribution is -2.47. The number of aliphatic hydroxyl groups excluding tert-OH is 1. The van der Waals surface area contributed by atoms with E-state index in [0.717, 1.165) is 3.79 Å². The first-order valence-electron chi connectivity index (χ1n) is 5.91. The second kappa shape index (κ2) is 7.62. The maximum Gasteiger partial charge on any atom is 0.262 e. The summed E-state index contributed by atoms with van der Waals surface area (Å²) in [5, 5.41) is 14.1. The maximum absolute atomic E-state index is 11.8. The summed E-state index contributed by atoms with van der Waals surface area (Å²) in [4.78, 5) is 24.2. The van der Waals surface area contributed by atoms with Gasteiger partial charge >= 0.3 is 0 Å². The molecule has 2 atom stereocenters. The lowest BCUT2D eigenvalue weighted by atomic mass is 10.2. The Labute approximate surface area is 124 Å². The average molecular weight is 349 g/mol. The Hall–Kier alpha value is -0.920. The standard InChI is InChI=1S/C12H17BrN2O3S/c1-7(5-6-16)14-11(17)8(2)15-12(18)9-3-4-10(13)19-9/h3-4,7-8,16H,5-6H2,1-2H3,(H,14,17)(H,15,18)/t7-,8?/m1/s1. The largest absolute Gasteiger partial charge is 0.396 e. The molecule has 0 aliphatic carbocycles. The van der Waals surface area contributed by atoms with Crippen molar-refractivity contribution in [2.45, 2.75) is 32.4 Å². The van der Waals surface area contributed by atoms with E-state index in [1.165, 1.54) is 11.3 Å². The molecular weight excluding hydrogens is 332 g/mol. The first kappa shape index (κ1) is 16.1. The van der Waals surface area contributed by atoms with Crippen LogP contribution in [0.4, 0.5) is 0 Å². The highest BCUT2D eigenvalue weighted by Gasteiger charge is 2.18. The Bertz CT molecular complexity index is 450. The van der Waals surface area contributed by atoms with Crippen LogP contribution in [0.15, 0.2) is 15.9 Å². The minimum Gasteiger partial charge on any atom is -0.396 e. The van der Waals surface area contributed by atoms with Crippen molar-refractivity contribution in [2.24, 2.45) is 0 Å². The molecule has 1 rings (SSSR count). The van der Waals surface area contributed by atoms with Crippen molar-refractivity contribution in [3.63, 3.8) is 0 Å². The normalized spacial score (nSPS) is 13.7. The highest BCUT2D eigenvalue weighted by molar-refractivity contribution is 9.11. The molecular formula is C12H17BrN2O3S. The predicted molar refractivity (Wildman–Crippen MR) is 78.3 cm³/mol. The zero-order chi connectivity index (χ0) is 14.4. The second-order valence-electron chi connectivity index (χ2n) is 4.22. The Balaban J connectivity index is 2.47. The molecule has 0 aliphatic rings. The van der Waals surface area contributed by atoms with Gasteiger partial charge in [0.15, 0.2) is 0 Å². The molecule has 1 unspecified atom stereocenters. The van der Waals surface area contributed by atoms with E-state index < -0.39 is 6.04 Å². The Morgan fingerprint density at radius 1 is 1.37 bits per heavy atom. The monoisotopic (exact) mass is 348 g/mol. The molecule has 2 amide bonds. The third-order valence-corrected chi connectivity index (χ3v) is 4.11. The summed E-state index contributed by atoms with van der Waals surface area (Å²) in [5.41, 5.74) is 0. The van der Waals surface area contributed by atoms with Gasteiger partial charge in [0.1, 0.15) is 6.04 Å². The Morgan fingerprint density at radius 2 is 2.05 bits per heavy atom. The van der Waals surface area contributed by atoms with Gasteiger partial charge in [-0.3, -0.25) is 9.59 Å². The van der Waals surface area contributed by atoms with Gasteiger partial charge in [-0.1, -0.05) is 0 Å². The van der Waals surface area contributed by atoms with E-state index in [1.54, 1.807) is 26.0 Å². The van der Waals surface area contributed by atoms with Crippen molar-refractivity contribution in [1.82, 2.24) is 10.6 Å². The molecule has 0 fully saturated rings. The summed E-state index contributed by atoms with van der Waals surface area (Å²) in [6.07, 6.45) is 0.490. The number of hydrogen-bond acceptors (Lipinski definition) is 4. The summed E-state index contributed by atoms with van der Waals surface area (Å²) in [6, 6.07) is 2.75. The molecule has 0 saturated heterocycles. The fraction of sp³-hybridized carbons (Fsp3) is 0.500. The molecule has 0 spiro atoms. The summed E-state index contributed by atoms with van der Waals surface area (Å²) < 4.78 is 0.867. The smallest absolute Gasteiger partial charge is 0.262 e. The van der Waals surface area contributed by atoms with Crippen LogP contribution in [-0.2, 0) is 4.79 Å². The summed E-state index contributed by atoms with van der Waals surface area (Å²) >= 11 is 4.59. The number of halogens is 1. The number of hydrogen-bond donors (Lipinski definition) is 3. The SMILES string of the molecule is CC(NC(=O)c1ccc(Br)s1)C(=O)N[C@H](C)CCO. The molecule has 5 nitrogen and oxygen atoms in total. The zero-order valence-corrected chi connectivity index (χ0v) is 13.2. The van der Waals surface area contributed by atoms with Crippen LogP contribution in [0.2, 0.25) is 0 Å². The van der Waals surface area contributed by atoms with Crippen LogP contribution in [0.3, 0.4) is 0 Å². The topological polar surface area (TPSA) is 78.4 Å². The molecule has 7 heteroatoms. The molecule has 0 bridgehead atoms. The predicted octanol–water partition coefficient (Wildman–Crippen LogP) is 1.52. The van der Waals surface area contributed by atoms with Crippen LogP contribution in [-0.4, -0.2) is 35.6 Å². The van der Waals surface area contributed by atoms with E-state index in [1.807, 2.05) is 0 Å². The fourth-order valence-electron chi connectivity index (χ4n) is 1.40. The Morgan fingerprint density at radius 3 is 2.58 bits per heavy atom. The van der Waals surface area contributed by atoms with Gasteiger partial charge in [-0.15, -0.1) is 11.3 Å². The van der Waals surface area contributed by atoms with Crippen molar-refractivity contribution >= 4 is 39.1 Å². The molecule has 1 aromatic rings. The van der Waals surface area contributed by atoms with Crippen LogP contribution in [0, 0.1) is 0 Å². The van der Waals surface area contributed by atoms with Gasteiger partial charge in [0.05, 0.1) is 8.66 Å². The number of thiophene rings is 1. The third kappa shape index (κ3) is 5.30. The first-order chi connectivity index (χ1) is 8.93. The van der Waals surface area contributed by atoms with E-state index in [9.17, 15) is 9.59 Å². The van der Waals surface area contributed by atoms with Crippen LogP contribution in [0.5, 0.6) is 0 Å². The number of amides is 2. The number of carbonyl (C=O) groups excluding carboxylic acids is 2. The van der Waals surface area contributed by atoms with Crippen molar-refractivity contribution in [3.8, 4) is 0 Å². The highest BCUT2D eigenvalue weighted by Crippen LogP contribution is 2.21. The fourth-order valence-corrected chi connectivity index (χ4v) is 2.69. The van der Waals surface area contributed by atoms with Gasteiger partial charge in [-0.2, -0.15) is 0 Å². The van der Waals surface area contributed by atoms with E-state index in [0.29, 0.717) is 11.3 Å². The molecule has 0 aromatic carbocycles. The number of carbonyl (C=O) groups is 2. The first-order valence-corrected chi connectivity index (χ1v) is 7.52. The van der Waals surface area contributed by atoms with Crippen molar-refractivity contribution in [3.05, 3.63) is 20.8 Å². The van der Waals surface area contributed by atoms with Crippen LogP contribution >= 0.6 is 27.3 Å². The zero-order valence-electron chi connectivity index (χ0n) is 10.8. The van der Waals surface area contributed by atoms with Crippen molar-refractivity contribution in [1.29, 1.82) is 0 Å². The minimum atomic E-state index is -0.616. The molecule has 0 aliphatic heterocycles. The number of aliphatic hydroxyl groups is 1. The van der Waals surface area contributed by atoms with Gasteiger partial charge in [-0.25, -0.2) is 0 Å². The second-order valence-corrected chi connectivity index (χ2v) is 6.68. The summed E-state index contributed by atoms with van der Waals surface area (Å²) in [7, 11) is 0. The van der Waals surface area contributed by atoms with E-state index in [-0.39, 0.29) is 24.5 Å². The molecule has 1 aromatic heterocycles. The molecule has 19 heavy (non-hydrogen) atoms. The lowest BCUT2D eigenvalue weighted by Gasteiger charge is -2.17. The minimum absolute atomic E-state index is 0.0193. The summed E-state index contributed by atoms with van der Waals surface area (Å²) in [6.45, 7) is 3.45. The Kier molecular flexibility index (Phi) is 6.47. The lowest BCUT2D eigenvalue weighted by molar-refractivity contribution is -0.123. The van der Waals surface area contributed by atoms with E-state index in [2.05, 4.69) is 26.6 Å². The molecule has 3 N–H and O–H groups in total. The summed E-state index contributed by atoms with van der Waals surface area (Å²) in [5.74, 6) is -0.530. The molecule has 0 radical (unpaired) electrons. The van der Waals surface area contributed by atoms with Gasteiger partial charge in [0.2, 0.25) is 5.91 Å². The van der Waals surface area contributed by atoms with E-state index in [4.69, 9.17) is 5.11 Å². The van der Waals surface area contributed by atoms with Gasteiger partial charge < -0.3 is 15.7 Å². The number of nitrogens with one attached hydrogen (secondary N) is 2. The van der Waals surface area contributed by atoms with Gasteiger partial charge in [0, 0.05) is 12.6 Å². The van der Waals surface area contributed by atoms with Crippen LogP contribution < -0.4 is 10.6 Å². The molecule has 1 heterocycles. The van der Waals surface area contributed by atoms with Gasteiger partial charge in [-0.05, 0) is 48.3 Å². The third-order valence-electron chi connectivity index (χ3n) is 2.49. The van der Waals surface area contributed by atoms with Crippen LogP contribution in [0.1, 0.15) is 29.9 Å².